The van der Waals surface area contributed by atoms with Gasteiger partial charge in [0.25, 0.3) is 0 Å². The summed E-state index contributed by atoms with van der Waals surface area (Å²) in [6.45, 7) is 4.02. The van der Waals surface area contributed by atoms with Crippen molar-refractivity contribution in [1.82, 2.24) is 10.2 Å². The highest BCUT2D eigenvalue weighted by Crippen LogP contribution is 2.27. The molecule has 1 aliphatic carbocycles. The van der Waals surface area contributed by atoms with Crippen LogP contribution < -0.4 is 9.62 Å². The third-order valence-corrected chi connectivity index (χ3v) is 10.1. The fourth-order valence-corrected chi connectivity index (χ4v) is 7.39. The molecule has 1 atom stereocenters. The Labute approximate surface area is 278 Å². The molecule has 0 heterocycles. The molecule has 7 nitrogen and oxygen atoms in total. The molecule has 1 saturated carbocycles. The van der Waals surface area contributed by atoms with Crippen molar-refractivity contribution in [2.75, 3.05) is 17.1 Å². The zero-order valence-electron chi connectivity index (χ0n) is 26.3. The molecule has 1 aliphatic rings. The highest BCUT2D eigenvalue weighted by molar-refractivity contribution is 7.92. The van der Waals surface area contributed by atoms with Gasteiger partial charge in [0, 0.05) is 42.0 Å². The fraction of sp³-hybridized carbons (Fsp3) is 0.429. The van der Waals surface area contributed by atoms with E-state index in [1.54, 1.807) is 23.1 Å². The fourth-order valence-electron chi connectivity index (χ4n) is 5.90. The Bertz CT molecular complexity index is 1580. The van der Waals surface area contributed by atoms with E-state index in [2.05, 4.69) is 5.32 Å². The van der Waals surface area contributed by atoms with E-state index in [9.17, 15) is 18.0 Å². The minimum absolute atomic E-state index is 0.0457. The van der Waals surface area contributed by atoms with E-state index in [1.807, 2.05) is 62.4 Å². The molecule has 0 aromatic heterocycles. The van der Waals surface area contributed by atoms with Gasteiger partial charge < -0.3 is 10.2 Å². The number of anilines is 1. The maximum absolute atomic E-state index is 14.2. The average molecular weight is 673 g/mol. The first-order valence-corrected chi connectivity index (χ1v) is 18.2. The highest BCUT2D eigenvalue weighted by Gasteiger charge is 2.32. The number of benzene rings is 3. The zero-order chi connectivity index (χ0) is 32.6. The summed E-state index contributed by atoms with van der Waals surface area (Å²) in [4.78, 5) is 29.8. The molecule has 0 bridgehead atoms. The Morgan fingerprint density at radius 1 is 0.956 bits per heavy atom. The first-order valence-electron chi connectivity index (χ1n) is 15.5. The molecule has 0 radical (unpaired) electrons. The van der Waals surface area contributed by atoms with Crippen molar-refractivity contribution in [3.63, 3.8) is 0 Å². The van der Waals surface area contributed by atoms with Crippen molar-refractivity contribution in [3.8, 4) is 0 Å². The van der Waals surface area contributed by atoms with Crippen molar-refractivity contribution in [2.45, 2.75) is 83.8 Å². The molecule has 0 aliphatic heterocycles. The second-order valence-corrected chi connectivity index (χ2v) is 14.8. The number of hydrogen-bond acceptors (Lipinski definition) is 4. The number of nitrogens with one attached hydrogen (secondary N) is 1. The van der Waals surface area contributed by atoms with E-state index < -0.39 is 16.1 Å². The first-order chi connectivity index (χ1) is 21.4. The number of aryl methyl sites for hydroxylation is 2. The Kier molecular flexibility index (Phi) is 12.3. The molecule has 45 heavy (non-hydrogen) atoms. The van der Waals surface area contributed by atoms with Crippen molar-refractivity contribution >= 4 is 50.7 Å². The second kappa shape index (κ2) is 16.0. The minimum atomic E-state index is -3.61. The van der Waals surface area contributed by atoms with Crippen LogP contribution in [-0.2, 0) is 32.6 Å². The number of hydrogen-bond donors (Lipinski definition) is 1. The molecule has 10 heteroatoms. The Hall–Kier alpha value is -3.07. The van der Waals surface area contributed by atoms with Crippen LogP contribution in [0.4, 0.5) is 5.69 Å². The first kappa shape index (κ1) is 34.8. The van der Waals surface area contributed by atoms with Crippen LogP contribution in [0.25, 0.3) is 0 Å². The van der Waals surface area contributed by atoms with Gasteiger partial charge in [-0.1, -0.05) is 91.0 Å². The lowest BCUT2D eigenvalue weighted by Gasteiger charge is -2.34. The summed E-state index contributed by atoms with van der Waals surface area (Å²) in [5, 5.41) is 4.12. The van der Waals surface area contributed by atoms with Crippen LogP contribution in [0.15, 0.2) is 66.7 Å². The molecule has 0 spiro atoms. The van der Waals surface area contributed by atoms with Crippen LogP contribution in [0.1, 0.15) is 67.2 Å². The predicted molar refractivity (Wildman–Crippen MR) is 183 cm³/mol. The van der Waals surface area contributed by atoms with Crippen LogP contribution in [0.3, 0.4) is 0 Å². The normalized spacial score (nSPS) is 14.5. The zero-order valence-corrected chi connectivity index (χ0v) is 28.6. The molecular formula is C35H43Cl2N3O4S. The van der Waals surface area contributed by atoms with E-state index in [1.165, 1.54) is 10.6 Å². The third-order valence-electron chi connectivity index (χ3n) is 8.36. The monoisotopic (exact) mass is 671 g/mol. The molecular weight excluding hydrogens is 629 g/mol. The third kappa shape index (κ3) is 9.96. The predicted octanol–water partition coefficient (Wildman–Crippen LogP) is 7.25. The van der Waals surface area contributed by atoms with Crippen LogP contribution in [0.2, 0.25) is 10.0 Å². The smallest absolute Gasteiger partial charge is 0.243 e. The molecule has 1 fully saturated rings. The molecule has 3 aromatic carbocycles. The highest BCUT2D eigenvalue weighted by atomic mass is 35.5. The number of carbonyl (C=O) groups excluding carboxylic acids is 2. The van der Waals surface area contributed by atoms with E-state index in [0.717, 1.165) is 48.8 Å². The maximum Gasteiger partial charge on any atom is 0.243 e. The number of carbonyl (C=O) groups is 2. The standard InChI is InChI=1S/C35H43Cl2N3O4S/c1-25-16-17-26(2)32(21-25)40(45(3,43)44)20-10-15-34(41)39(24-28-18-19-29(36)23-31(28)37)33(22-27-11-6-4-7-12-27)35(42)38-30-13-8-5-9-14-30/h4,6-7,11-12,16-19,21,23,30,33H,5,8-10,13-15,20,22,24H2,1-3H3,(H,38,42)/t33-/m0/s1. The number of nitrogens with zero attached hydrogens (tertiary/aromatic N) is 2. The van der Waals surface area contributed by atoms with Gasteiger partial charge in [0.2, 0.25) is 21.8 Å². The van der Waals surface area contributed by atoms with E-state index >= 15 is 0 Å². The van der Waals surface area contributed by atoms with Gasteiger partial charge in [0.15, 0.2) is 0 Å². The summed E-state index contributed by atoms with van der Waals surface area (Å²) in [5.41, 5.74) is 3.98. The van der Waals surface area contributed by atoms with Gasteiger partial charge in [0.1, 0.15) is 6.04 Å². The lowest BCUT2D eigenvalue weighted by atomic mass is 9.94. The Balaban J connectivity index is 1.63. The molecule has 0 unspecified atom stereocenters. The number of amides is 2. The van der Waals surface area contributed by atoms with Gasteiger partial charge in [-0.15, -0.1) is 0 Å². The summed E-state index contributed by atoms with van der Waals surface area (Å²) in [6, 6.07) is 19.7. The van der Waals surface area contributed by atoms with Gasteiger partial charge in [0.05, 0.1) is 11.9 Å². The van der Waals surface area contributed by atoms with Crippen LogP contribution in [0.5, 0.6) is 0 Å². The van der Waals surface area contributed by atoms with Crippen LogP contribution >= 0.6 is 23.2 Å². The number of sulfonamides is 1. The summed E-state index contributed by atoms with van der Waals surface area (Å²) < 4.78 is 27.1. The molecule has 4 rings (SSSR count). The second-order valence-electron chi connectivity index (χ2n) is 12.0. The van der Waals surface area contributed by atoms with E-state index in [4.69, 9.17) is 23.2 Å². The quantitative estimate of drug-likeness (QED) is 0.207. The summed E-state index contributed by atoms with van der Waals surface area (Å²) in [7, 11) is -3.61. The largest absolute Gasteiger partial charge is 0.352 e. The van der Waals surface area contributed by atoms with Crippen molar-refractivity contribution in [1.29, 1.82) is 0 Å². The number of rotatable bonds is 13. The topological polar surface area (TPSA) is 86.8 Å². The van der Waals surface area contributed by atoms with Gasteiger partial charge in [-0.25, -0.2) is 8.42 Å². The molecule has 242 valence electrons. The van der Waals surface area contributed by atoms with Crippen molar-refractivity contribution < 1.29 is 18.0 Å². The molecule has 1 N–H and O–H groups in total. The van der Waals surface area contributed by atoms with Crippen molar-refractivity contribution in [2.24, 2.45) is 0 Å². The molecule has 3 aromatic rings. The summed E-state index contributed by atoms with van der Waals surface area (Å²) >= 11 is 12.7. The van der Waals surface area contributed by atoms with Gasteiger partial charge in [-0.2, -0.15) is 0 Å². The van der Waals surface area contributed by atoms with Gasteiger partial charge in [-0.05, 0) is 73.6 Å². The lowest BCUT2D eigenvalue weighted by molar-refractivity contribution is -0.141. The summed E-state index contributed by atoms with van der Waals surface area (Å²) in [5.74, 6) is -0.451. The van der Waals surface area contributed by atoms with Gasteiger partial charge in [-0.3, -0.25) is 13.9 Å². The van der Waals surface area contributed by atoms with Crippen LogP contribution in [-0.4, -0.2) is 50.0 Å². The van der Waals surface area contributed by atoms with E-state index in [0.29, 0.717) is 27.7 Å². The SMILES string of the molecule is Cc1ccc(C)c(N(CCCC(=O)N(Cc2ccc(Cl)cc2Cl)[C@@H](Cc2ccccc2)C(=O)NC2CCCCC2)S(C)(=O)=O)c1. The van der Waals surface area contributed by atoms with Crippen molar-refractivity contribution in [3.05, 3.63) is 99.0 Å². The number of halogens is 2. The average Bonchev–Trinajstić information content (AvgIpc) is 2.99. The Morgan fingerprint density at radius 2 is 1.67 bits per heavy atom. The Morgan fingerprint density at radius 3 is 2.33 bits per heavy atom. The lowest BCUT2D eigenvalue weighted by Crippen LogP contribution is -2.53. The van der Waals surface area contributed by atoms with Crippen LogP contribution in [0, 0.1) is 13.8 Å². The maximum atomic E-state index is 14.2. The summed E-state index contributed by atoms with van der Waals surface area (Å²) in [6.07, 6.45) is 6.94. The minimum Gasteiger partial charge on any atom is -0.352 e. The van der Waals surface area contributed by atoms with Gasteiger partial charge >= 0.3 is 0 Å². The molecule has 0 saturated heterocycles. The van der Waals surface area contributed by atoms with E-state index in [-0.39, 0.29) is 43.8 Å². The molecule has 2 amide bonds.